The lowest BCUT2D eigenvalue weighted by Crippen LogP contribution is -2.04. The van der Waals surface area contributed by atoms with E-state index in [0.29, 0.717) is 12.2 Å². The second-order valence-electron chi connectivity index (χ2n) is 4.56. The fourth-order valence-corrected chi connectivity index (χ4v) is 2.24. The largest absolute Gasteiger partial charge is 0.462 e. The topological polar surface area (TPSA) is 30.7 Å². The zero-order valence-electron chi connectivity index (χ0n) is 11.2. The van der Waals surface area contributed by atoms with Gasteiger partial charge in [-0.15, -0.1) is 0 Å². The molecule has 0 aliphatic rings. The first-order chi connectivity index (χ1) is 9.78. The summed E-state index contributed by atoms with van der Waals surface area (Å²) in [4.78, 5) is 11.7. The molecular formula is C17H15NO2. The molecule has 0 unspecified atom stereocenters. The van der Waals surface area contributed by atoms with Gasteiger partial charge in [-0.05, 0) is 30.7 Å². The van der Waals surface area contributed by atoms with Crippen LogP contribution in [0.4, 0.5) is 0 Å². The summed E-state index contributed by atoms with van der Waals surface area (Å²) in [6.07, 6.45) is 3.94. The van der Waals surface area contributed by atoms with Gasteiger partial charge in [0.25, 0.3) is 0 Å². The Hall–Kier alpha value is -2.55. The predicted molar refractivity (Wildman–Crippen MR) is 78.8 cm³/mol. The number of hydrogen-bond donors (Lipinski definition) is 0. The summed E-state index contributed by atoms with van der Waals surface area (Å²) >= 11 is 0. The molecule has 0 bridgehead atoms. The van der Waals surface area contributed by atoms with Crippen LogP contribution in [0.3, 0.4) is 0 Å². The molecule has 0 saturated carbocycles. The highest BCUT2D eigenvalue weighted by Crippen LogP contribution is 2.23. The molecule has 0 saturated heterocycles. The number of fused-ring (bicyclic) bond motifs is 1. The van der Waals surface area contributed by atoms with E-state index in [0.717, 1.165) is 16.6 Å². The first-order valence-corrected chi connectivity index (χ1v) is 6.62. The molecule has 100 valence electrons. The van der Waals surface area contributed by atoms with Crippen LogP contribution in [-0.4, -0.2) is 17.0 Å². The summed E-state index contributed by atoms with van der Waals surface area (Å²) in [5.74, 6) is -0.280. The lowest BCUT2D eigenvalue weighted by atomic mass is 10.1. The van der Waals surface area contributed by atoms with Gasteiger partial charge in [0.1, 0.15) is 0 Å². The van der Waals surface area contributed by atoms with Gasteiger partial charge >= 0.3 is 5.97 Å². The molecule has 3 rings (SSSR count). The molecule has 0 aliphatic heterocycles. The van der Waals surface area contributed by atoms with Crippen molar-refractivity contribution in [1.29, 1.82) is 0 Å². The van der Waals surface area contributed by atoms with Gasteiger partial charge in [-0.25, -0.2) is 4.79 Å². The Bertz CT molecular complexity index is 744. The van der Waals surface area contributed by atoms with Crippen LogP contribution in [0, 0.1) is 0 Å². The minimum Gasteiger partial charge on any atom is -0.462 e. The Balaban J connectivity index is 2.02. The lowest BCUT2D eigenvalue weighted by molar-refractivity contribution is 0.0526. The molecule has 0 aliphatic carbocycles. The van der Waals surface area contributed by atoms with Gasteiger partial charge in [-0.2, -0.15) is 0 Å². The number of esters is 1. The van der Waals surface area contributed by atoms with Crippen molar-refractivity contribution in [3.8, 4) is 11.1 Å². The Morgan fingerprint density at radius 2 is 1.90 bits per heavy atom. The molecule has 3 heteroatoms. The first-order valence-electron chi connectivity index (χ1n) is 6.62. The van der Waals surface area contributed by atoms with Gasteiger partial charge in [-0.3, -0.25) is 0 Å². The Morgan fingerprint density at radius 1 is 1.10 bits per heavy atom. The van der Waals surface area contributed by atoms with Gasteiger partial charge in [0.15, 0.2) is 0 Å². The normalized spacial score (nSPS) is 10.7. The molecule has 1 aromatic carbocycles. The number of aromatic nitrogens is 1. The molecule has 0 fully saturated rings. The fraction of sp³-hybridized carbons (Fsp3) is 0.118. The van der Waals surface area contributed by atoms with Gasteiger partial charge in [0.2, 0.25) is 0 Å². The molecule has 0 atom stereocenters. The quantitative estimate of drug-likeness (QED) is 0.675. The molecule has 2 aromatic heterocycles. The maximum atomic E-state index is 11.7. The van der Waals surface area contributed by atoms with Gasteiger partial charge < -0.3 is 9.14 Å². The Labute approximate surface area is 117 Å². The smallest absolute Gasteiger partial charge is 0.338 e. The molecular weight excluding hydrogens is 250 g/mol. The van der Waals surface area contributed by atoms with E-state index in [4.69, 9.17) is 4.74 Å². The zero-order valence-corrected chi connectivity index (χ0v) is 11.2. The highest BCUT2D eigenvalue weighted by molar-refractivity contribution is 5.91. The van der Waals surface area contributed by atoms with Crippen molar-refractivity contribution in [2.45, 2.75) is 6.92 Å². The second-order valence-corrected chi connectivity index (χ2v) is 4.56. The number of hydrogen-bond acceptors (Lipinski definition) is 2. The van der Waals surface area contributed by atoms with Crippen molar-refractivity contribution in [1.82, 2.24) is 4.40 Å². The monoisotopic (exact) mass is 265 g/mol. The van der Waals surface area contributed by atoms with Gasteiger partial charge in [-0.1, -0.05) is 30.3 Å². The third-order valence-corrected chi connectivity index (χ3v) is 3.22. The summed E-state index contributed by atoms with van der Waals surface area (Å²) in [5, 5.41) is 0. The summed E-state index contributed by atoms with van der Waals surface area (Å²) in [6, 6.07) is 15.9. The number of benzene rings is 1. The van der Waals surface area contributed by atoms with E-state index in [-0.39, 0.29) is 5.97 Å². The number of pyridine rings is 1. The van der Waals surface area contributed by atoms with E-state index < -0.39 is 0 Å². The number of ether oxygens (including phenoxy) is 1. The standard InChI is InChI=1S/C17H15NO2/c1-2-20-17(19)14-8-9-18-12-15(11-16(18)10-14)13-6-4-3-5-7-13/h3-12H,2H2,1H3. The average molecular weight is 265 g/mol. The molecule has 20 heavy (non-hydrogen) atoms. The van der Waals surface area contributed by atoms with Crippen molar-refractivity contribution >= 4 is 11.5 Å². The lowest BCUT2D eigenvalue weighted by Gasteiger charge is -2.02. The van der Waals surface area contributed by atoms with Crippen LogP contribution in [0.5, 0.6) is 0 Å². The van der Waals surface area contributed by atoms with E-state index in [2.05, 4.69) is 24.4 Å². The second kappa shape index (κ2) is 5.21. The molecule has 0 radical (unpaired) electrons. The first kappa shape index (κ1) is 12.5. The minimum atomic E-state index is -0.280. The Morgan fingerprint density at radius 3 is 2.65 bits per heavy atom. The maximum Gasteiger partial charge on any atom is 0.338 e. The van der Waals surface area contributed by atoms with Crippen molar-refractivity contribution in [2.75, 3.05) is 6.61 Å². The molecule has 0 spiro atoms. The highest BCUT2D eigenvalue weighted by atomic mass is 16.5. The third-order valence-electron chi connectivity index (χ3n) is 3.22. The zero-order chi connectivity index (χ0) is 13.9. The number of nitrogens with zero attached hydrogens (tertiary/aromatic N) is 1. The third kappa shape index (κ3) is 2.30. The van der Waals surface area contributed by atoms with Gasteiger partial charge in [0.05, 0.1) is 12.2 Å². The van der Waals surface area contributed by atoms with Crippen LogP contribution in [0.1, 0.15) is 17.3 Å². The summed E-state index contributed by atoms with van der Waals surface area (Å²) < 4.78 is 7.03. The SMILES string of the molecule is CCOC(=O)c1ccn2cc(-c3ccccc3)cc2c1. The van der Waals surface area contributed by atoms with Gasteiger partial charge in [0, 0.05) is 23.5 Å². The van der Waals surface area contributed by atoms with Crippen LogP contribution in [0.15, 0.2) is 60.9 Å². The van der Waals surface area contributed by atoms with E-state index in [9.17, 15) is 4.79 Å². The molecule has 2 heterocycles. The highest BCUT2D eigenvalue weighted by Gasteiger charge is 2.08. The van der Waals surface area contributed by atoms with E-state index in [1.54, 1.807) is 13.0 Å². The van der Waals surface area contributed by atoms with Crippen molar-refractivity contribution < 1.29 is 9.53 Å². The van der Waals surface area contributed by atoms with Crippen molar-refractivity contribution in [3.05, 3.63) is 66.5 Å². The summed E-state index contributed by atoms with van der Waals surface area (Å²) in [7, 11) is 0. The summed E-state index contributed by atoms with van der Waals surface area (Å²) in [5.41, 5.74) is 3.85. The van der Waals surface area contributed by atoms with Crippen LogP contribution in [0.2, 0.25) is 0 Å². The van der Waals surface area contributed by atoms with Crippen LogP contribution in [0.25, 0.3) is 16.6 Å². The van der Waals surface area contributed by atoms with Crippen molar-refractivity contribution in [2.24, 2.45) is 0 Å². The van der Waals surface area contributed by atoms with E-state index in [1.165, 1.54) is 0 Å². The average Bonchev–Trinajstić information content (AvgIpc) is 2.91. The Kier molecular flexibility index (Phi) is 3.25. The molecule has 0 N–H and O–H groups in total. The minimum absolute atomic E-state index is 0.280. The molecule has 3 aromatic rings. The van der Waals surface area contributed by atoms with Crippen LogP contribution in [-0.2, 0) is 4.74 Å². The number of carbonyl (C=O) groups is 1. The van der Waals surface area contributed by atoms with E-state index in [1.807, 2.05) is 34.9 Å². The number of rotatable bonds is 3. The fourth-order valence-electron chi connectivity index (χ4n) is 2.24. The van der Waals surface area contributed by atoms with Crippen LogP contribution >= 0.6 is 0 Å². The van der Waals surface area contributed by atoms with Crippen molar-refractivity contribution in [3.63, 3.8) is 0 Å². The number of carbonyl (C=O) groups excluding carboxylic acids is 1. The summed E-state index contributed by atoms with van der Waals surface area (Å²) in [6.45, 7) is 2.20. The predicted octanol–water partition coefficient (Wildman–Crippen LogP) is 3.78. The van der Waals surface area contributed by atoms with E-state index >= 15 is 0 Å². The molecule has 0 amide bonds. The maximum absolute atomic E-state index is 11.7. The van der Waals surface area contributed by atoms with Crippen LogP contribution < -0.4 is 0 Å². The molecule has 3 nitrogen and oxygen atoms in total.